The van der Waals surface area contributed by atoms with Gasteiger partial charge in [-0.05, 0) is 111 Å². The zero-order valence-electron chi connectivity index (χ0n) is 34.0. The summed E-state index contributed by atoms with van der Waals surface area (Å²) < 4.78 is 1.27. The van der Waals surface area contributed by atoms with Gasteiger partial charge in [0.25, 0.3) is 0 Å². The van der Waals surface area contributed by atoms with E-state index in [4.69, 9.17) is 4.98 Å². The second-order valence-corrected chi connectivity index (χ2v) is 17.8. The van der Waals surface area contributed by atoms with Gasteiger partial charge in [0.1, 0.15) is 5.76 Å². The number of thiophene rings is 1. The number of rotatable bonds is 10. The fourth-order valence-corrected chi connectivity index (χ4v) is 9.90. The zero-order chi connectivity index (χ0) is 37.7. The molecule has 2 aliphatic carbocycles. The minimum absolute atomic E-state index is 0. The summed E-state index contributed by atoms with van der Waals surface area (Å²) in [4.78, 5) is 18.3. The minimum Gasteiger partial charge on any atom is -0.512 e. The Labute approximate surface area is 338 Å². The van der Waals surface area contributed by atoms with Crippen molar-refractivity contribution in [2.24, 2.45) is 16.2 Å². The van der Waals surface area contributed by atoms with Gasteiger partial charge in [-0.25, -0.2) is 0 Å². The summed E-state index contributed by atoms with van der Waals surface area (Å²) >= 11 is 1.88. The Morgan fingerprint density at radius 1 is 0.887 bits per heavy atom. The first-order valence-corrected chi connectivity index (χ1v) is 21.1. The van der Waals surface area contributed by atoms with Crippen molar-refractivity contribution in [3.05, 3.63) is 88.8 Å². The first kappa shape index (κ1) is 43.1. The molecule has 0 aliphatic heterocycles. The first-order valence-electron chi connectivity index (χ1n) is 20.3. The maximum absolute atomic E-state index is 12.2. The maximum atomic E-state index is 12.2. The molecular weight excluding hydrogens is 847 g/mol. The van der Waals surface area contributed by atoms with Crippen molar-refractivity contribution >= 4 is 27.2 Å². The number of carbonyl (C=O) groups is 1. The predicted octanol–water partition coefficient (Wildman–Crippen LogP) is 14.6. The maximum Gasteiger partial charge on any atom is 0.164 e. The number of aromatic nitrogens is 1. The van der Waals surface area contributed by atoms with Gasteiger partial charge in [-0.1, -0.05) is 98.9 Å². The number of aliphatic hydroxyl groups is 1. The van der Waals surface area contributed by atoms with Gasteiger partial charge in [0.05, 0.1) is 0 Å². The molecule has 5 heteroatoms. The van der Waals surface area contributed by atoms with Crippen LogP contribution in [0.5, 0.6) is 0 Å². The molecule has 2 aromatic heterocycles. The van der Waals surface area contributed by atoms with E-state index in [1.54, 1.807) is 5.56 Å². The molecule has 53 heavy (non-hydrogen) atoms. The van der Waals surface area contributed by atoms with Gasteiger partial charge in [-0.15, -0.1) is 46.2 Å². The number of aryl methyl sites for hydroxylation is 3. The van der Waals surface area contributed by atoms with Crippen molar-refractivity contribution in [2.45, 2.75) is 152 Å². The van der Waals surface area contributed by atoms with E-state index in [0.29, 0.717) is 5.41 Å². The van der Waals surface area contributed by atoms with Crippen LogP contribution in [0.1, 0.15) is 153 Å². The molecule has 2 heterocycles. The van der Waals surface area contributed by atoms with Crippen molar-refractivity contribution < 1.29 is 30.0 Å². The molecule has 1 spiro atoms. The summed E-state index contributed by atoms with van der Waals surface area (Å²) in [5.41, 5.74) is 8.93. The topological polar surface area (TPSA) is 50.2 Å². The average Bonchev–Trinajstić information content (AvgIpc) is 3.50. The Hall–Kier alpha value is -2.59. The molecule has 289 valence electrons. The van der Waals surface area contributed by atoms with E-state index in [9.17, 15) is 9.90 Å². The van der Waals surface area contributed by atoms with Crippen LogP contribution in [0, 0.1) is 43.1 Å². The van der Waals surface area contributed by atoms with Crippen LogP contribution in [0.25, 0.3) is 31.8 Å². The van der Waals surface area contributed by atoms with Crippen LogP contribution in [0.15, 0.2) is 60.5 Å². The molecule has 0 unspecified atom stereocenters. The predicted molar refractivity (Wildman–Crippen MR) is 223 cm³/mol. The van der Waals surface area contributed by atoms with Gasteiger partial charge in [0.15, 0.2) is 5.78 Å². The van der Waals surface area contributed by atoms with Crippen molar-refractivity contribution in [3.63, 3.8) is 0 Å². The second kappa shape index (κ2) is 18.4. The zero-order valence-corrected chi connectivity index (χ0v) is 37.2. The molecule has 4 aromatic rings. The number of ketones is 1. The molecule has 0 atom stereocenters. The third-order valence-corrected chi connectivity index (χ3v) is 14.8. The van der Waals surface area contributed by atoms with Crippen molar-refractivity contribution in [2.75, 3.05) is 0 Å². The summed E-state index contributed by atoms with van der Waals surface area (Å²) in [5.74, 6) is 1.03. The van der Waals surface area contributed by atoms with E-state index >= 15 is 0 Å². The summed E-state index contributed by atoms with van der Waals surface area (Å²) in [6.07, 6.45) is 19.7. The number of hydrogen-bond donors (Lipinski definition) is 1. The Morgan fingerprint density at radius 2 is 1.49 bits per heavy atom. The second-order valence-electron chi connectivity index (χ2n) is 16.7. The number of nitrogens with zero attached hydrogens (tertiary/aromatic N) is 1. The number of fused-ring (bicyclic) bond motifs is 1. The Balaban J connectivity index is 0.000000299. The Morgan fingerprint density at radius 3 is 2.06 bits per heavy atom. The fourth-order valence-electron chi connectivity index (χ4n) is 8.59. The van der Waals surface area contributed by atoms with Crippen LogP contribution in [0.2, 0.25) is 0 Å². The molecule has 1 radical (unpaired) electrons. The quantitative estimate of drug-likeness (QED) is 0.0980. The monoisotopic (exact) mass is 911 g/mol. The molecule has 1 N–H and O–H groups in total. The van der Waals surface area contributed by atoms with Crippen molar-refractivity contribution in [1.29, 1.82) is 0 Å². The fraction of sp³-hybridized carbons (Fsp3) is 0.542. The number of pyridine rings is 1. The largest absolute Gasteiger partial charge is 0.512 e. The van der Waals surface area contributed by atoms with Crippen molar-refractivity contribution in [1.82, 2.24) is 4.98 Å². The molecule has 0 bridgehead atoms. The number of benzene rings is 2. The molecule has 2 aliphatic rings. The average molecular weight is 911 g/mol. The molecule has 2 fully saturated rings. The van der Waals surface area contributed by atoms with E-state index in [1.807, 2.05) is 59.1 Å². The SMILES string of the molecule is CCC(C)(CC)C(=O)/C=C(\O)C(C)(CC)CC.Cc1[c-]c(-c2nccc3c(C)c(-c4ccc(C5CCC6(CCCCC6)CC5)cc4)sc23)cc(C)c1.[Ir]. The van der Waals surface area contributed by atoms with Gasteiger partial charge >= 0.3 is 0 Å². The van der Waals surface area contributed by atoms with E-state index in [0.717, 1.165) is 42.9 Å². The third-order valence-electron chi connectivity index (χ3n) is 13.5. The minimum atomic E-state index is -0.337. The van der Waals surface area contributed by atoms with E-state index in [2.05, 4.69) is 69.3 Å². The molecule has 0 saturated heterocycles. The molecular formula is C48H64IrNO2S-. The van der Waals surface area contributed by atoms with Gasteiger partial charge in [0, 0.05) is 58.5 Å². The smallest absolute Gasteiger partial charge is 0.164 e. The molecule has 2 aromatic carbocycles. The van der Waals surface area contributed by atoms with Crippen molar-refractivity contribution in [3.8, 4) is 21.7 Å². The Bertz CT molecular complexity index is 1820. The summed E-state index contributed by atoms with van der Waals surface area (Å²) in [7, 11) is 0. The molecule has 6 rings (SSSR count). The van der Waals surface area contributed by atoms with E-state index in [1.165, 1.54) is 101 Å². The van der Waals surface area contributed by atoms with Crippen LogP contribution in [0.4, 0.5) is 0 Å². The number of allylic oxidation sites excluding steroid dienone is 2. The molecule has 0 amide bonds. The van der Waals surface area contributed by atoms with Crippen LogP contribution in [-0.4, -0.2) is 15.9 Å². The summed E-state index contributed by atoms with van der Waals surface area (Å²) in [6.45, 7) is 18.6. The molecule has 2 saturated carbocycles. The van der Waals surface area contributed by atoms with Crippen LogP contribution >= 0.6 is 11.3 Å². The normalized spacial score (nSPS) is 16.6. The van der Waals surface area contributed by atoms with Gasteiger partial charge < -0.3 is 10.1 Å². The number of carbonyl (C=O) groups excluding carboxylic acids is 1. The van der Waals surface area contributed by atoms with E-state index < -0.39 is 0 Å². The van der Waals surface area contributed by atoms with Gasteiger partial charge in [-0.3, -0.25) is 4.79 Å². The Kier molecular flexibility index (Phi) is 14.9. The van der Waals surface area contributed by atoms with Crippen LogP contribution in [0.3, 0.4) is 0 Å². The molecule has 3 nitrogen and oxygen atoms in total. The number of hydrogen-bond acceptors (Lipinski definition) is 4. The van der Waals surface area contributed by atoms with Gasteiger partial charge in [0.2, 0.25) is 0 Å². The number of aliphatic hydroxyl groups excluding tert-OH is 1. The van der Waals surface area contributed by atoms with Gasteiger partial charge in [-0.2, -0.15) is 0 Å². The van der Waals surface area contributed by atoms with Crippen LogP contribution in [-0.2, 0) is 24.9 Å². The first-order chi connectivity index (χ1) is 24.8. The standard InChI is InChI=1S/C33H36NS.C15H28O2.Ir/c1-22-19-23(2)21-28(20-22)30-32-29(13-18-34-30)24(3)31(35-32)27-9-7-25(8-10-27)26-11-16-33(17-12-26)14-5-4-6-15-33;1-7-14(5,8-2)12(16)11-13(17)15(6,9-3)10-4;/h7-10,13,18-20,26H,4-6,11-12,14-17H2,1-3H3;11,16H,7-10H2,1-6H3;/q-1;;/b;12-11-;. The van der Waals surface area contributed by atoms with E-state index in [-0.39, 0.29) is 42.5 Å². The van der Waals surface area contributed by atoms with Crippen LogP contribution < -0.4 is 0 Å². The summed E-state index contributed by atoms with van der Waals surface area (Å²) in [5, 5.41) is 11.4. The summed E-state index contributed by atoms with van der Waals surface area (Å²) in [6, 6.07) is 19.7. The third kappa shape index (κ3) is 9.63.